The number of aromatic nitrogens is 3. The topological polar surface area (TPSA) is 64.3 Å². The van der Waals surface area contributed by atoms with Crippen LogP contribution in [0.5, 0.6) is 0 Å². The van der Waals surface area contributed by atoms with Gasteiger partial charge in [0.05, 0.1) is 23.9 Å². The fourth-order valence-electron chi connectivity index (χ4n) is 3.42. The van der Waals surface area contributed by atoms with Crippen LogP contribution in [-0.2, 0) is 36.2 Å². The lowest BCUT2D eigenvalue weighted by Crippen LogP contribution is -2.40. The standard InChI is InChI=1S/C18H27N5O2/c1-14-9-17(21(2)20-14)13-22-10-15(18(24)19-6-8-25-3)11-23-7-4-5-16(23)12-22/h4-5,7,9,15H,6,8,10-13H2,1-3H3,(H,19,24)/t15-/m0/s1. The summed E-state index contributed by atoms with van der Waals surface area (Å²) in [4.78, 5) is 14.9. The van der Waals surface area contributed by atoms with Gasteiger partial charge in [-0.15, -0.1) is 0 Å². The summed E-state index contributed by atoms with van der Waals surface area (Å²) >= 11 is 0. The summed E-state index contributed by atoms with van der Waals surface area (Å²) in [6.45, 7) is 6.13. The average molecular weight is 345 g/mol. The molecule has 0 saturated heterocycles. The van der Waals surface area contributed by atoms with Crippen molar-refractivity contribution in [3.8, 4) is 0 Å². The number of amides is 1. The molecule has 3 heterocycles. The molecule has 1 aliphatic rings. The molecule has 0 bridgehead atoms. The van der Waals surface area contributed by atoms with Gasteiger partial charge in [-0.25, -0.2) is 0 Å². The van der Waals surface area contributed by atoms with Crippen molar-refractivity contribution in [1.82, 2.24) is 24.6 Å². The summed E-state index contributed by atoms with van der Waals surface area (Å²) in [6.07, 6.45) is 2.06. The van der Waals surface area contributed by atoms with Crippen LogP contribution in [0.15, 0.2) is 24.4 Å². The Morgan fingerprint density at radius 2 is 2.28 bits per heavy atom. The van der Waals surface area contributed by atoms with Crippen molar-refractivity contribution in [3.63, 3.8) is 0 Å². The monoisotopic (exact) mass is 345 g/mol. The molecule has 1 N–H and O–H groups in total. The number of fused-ring (bicyclic) bond motifs is 1. The number of methoxy groups -OCH3 is 1. The van der Waals surface area contributed by atoms with Crippen molar-refractivity contribution >= 4 is 5.91 Å². The van der Waals surface area contributed by atoms with E-state index in [2.05, 4.69) is 38.2 Å². The Balaban J connectivity index is 1.74. The highest BCUT2D eigenvalue weighted by atomic mass is 16.5. The van der Waals surface area contributed by atoms with Crippen LogP contribution in [0.1, 0.15) is 17.1 Å². The molecule has 3 rings (SSSR count). The summed E-state index contributed by atoms with van der Waals surface area (Å²) in [5.41, 5.74) is 3.42. The first-order valence-electron chi connectivity index (χ1n) is 8.69. The summed E-state index contributed by atoms with van der Waals surface area (Å²) < 4.78 is 9.14. The molecule has 2 aromatic heterocycles. The second kappa shape index (κ2) is 7.84. The molecule has 25 heavy (non-hydrogen) atoms. The first-order valence-corrected chi connectivity index (χ1v) is 8.69. The number of hydrogen-bond acceptors (Lipinski definition) is 4. The zero-order valence-corrected chi connectivity index (χ0v) is 15.2. The molecule has 7 heteroatoms. The molecule has 0 aliphatic carbocycles. The maximum Gasteiger partial charge on any atom is 0.226 e. The Kier molecular flexibility index (Phi) is 5.55. The molecule has 7 nitrogen and oxygen atoms in total. The van der Waals surface area contributed by atoms with Gasteiger partial charge in [-0.05, 0) is 25.1 Å². The van der Waals surface area contributed by atoms with Crippen LogP contribution in [0.2, 0.25) is 0 Å². The fraction of sp³-hybridized carbons (Fsp3) is 0.556. The quantitative estimate of drug-likeness (QED) is 0.791. The Hall–Kier alpha value is -2.12. The third-order valence-electron chi connectivity index (χ3n) is 4.67. The van der Waals surface area contributed by atoms with Gasteiger partial charge in [0.15, 0.2) is 0 Å². The molecular formula is C18H27N5O2. The summed E-state index contributed by atoms with van der Waals surface area (Å²) in [5.74, 6) is 0.00428. The van der Waals surface area contributed by atoms with Gasteiger partial charge < -0.3 is 14.6 Å². The van der Waals surface area contributed by atoms with Gasteiger partial charge in [0, 0.05) is 58.8 Å². The summed E-state index contributed by atoms with van der Waals surface area (Å²) in [6, 6.07) is 6.29. The van der Waals surface area contributed by atoms with E-state index < -0.39 is 0 Å². The Morgan fingerprint density at radius 1 is 1.44 bits per heavy atom. The Labute approximate surface area is 148 Å². The maximum atomic E-state index is 12.6. The van der Waals surface area contributed by atoms with Crippen LogP contribution in [0, 0.1) is 12.8 Å². The minimum Gasteiger partial charge on any atom is -0.383 e. The highest BCUT2D eigenvalue weighted by Gasteiger charge is 2.27. The predicted molar refractivity (Wildman–Crippen MR) is 94.9 cm³/mol. The molecule has 2 aromatic rings. The number of ether oxygens (including phenoxy) is 1. The SMILES string of the molecule is COCCNC(=O)[C@H]1CN(Cc2cc(C)nn2C)Cc2cccn2C1. The van der Waals surface area contributed by atoms with E-state index in [0.717, 1.165) is 31.0 Å². The van der Waals surface area contributed by atoms with Gasteiger partial charge in [-0.1, -0.05) is 0 Å². The molecule has 0 fully saturated rings. The number of carbonyl (C=O) groups is 1. The molecule has 0 spiro atoms. The molecule has 0 saturated carbocycles. The first kappa shape index (κ1) is 17.7. The van der Waals surface area contributed by atoms with E-state index >= 15 is 0 Å². The number of carbonyl (C=O) groups excluding carboxylic acids is 1. The van der Waals surface area contributed by atoms with E-state index in [1.54, 1.807) is 7.11 Å². The van der Waals surface area contributed by atoms with E-state index in [1.807, 2.05) is 24.7 Å². The van der Waals surface area contributed by atoms with Crippen LogP contribution >= 0.6 is 0 Å². The average Bonchev–Trinajstić information content (AvgIpc) is 3.08. The molecule has 0 aromatic carbocycles. The number of aryl methyl sites for hydroxylation is 2. The van der Waals surface area contributed by atoms with E-state index in [0.29, 0.717) is 19.7 Å². The van der Waals surface area contributed by atoms with Crippen molar-refractivity contribution in [3.05, 3.63) is 41.5 Å². The zero-order chi connectivity index (χ0) is 17.8. The van der Waals surface area contributed by atoms with Crippen molar-refractivity contribution in [2.75, 3.05) is 26.8 Å². The minimum absolute atomic E-state index is 0.0835. The first-order chi connectivity index (χ1) is 12.1. The molecule has 136 valence electrons. The maximum absolute atomic E-state index is 12.6. The van der Waals surface area contributed by atoms with Crippen molar-refractivity contribution in [2.24, 2.45) is 13.0 Å². The van der Waals surface area contributed by atoms with Crippen LogP contribution in [0.4, 0.5) is 0 Å². The molecule has 1 aliphatic heterocycles. The Morgan fingerprint density at radius 3 is 3.00 bits per heavy atom. The van der Waals surface area contributed by atoms with Gasteiger partial charge in [0.25, 0.3) is 0 Å². The molecule has 1 amide bonds. The fourth-order valence-corrected chi connectivity index (χ4v) is 3.42. The van der Waals surface area contributed by atoms with E-state index in [1.165, 1.54) is 5.69 Å². The zero-order valence-electron chi connectivity index (χ0n) is 15.2. The third-order valence-corrected chi connectivity index (χ3v) is 4.67. The van der Waals surface area contributed by atoms with Gasteiger partial charge in [-0.2, -0.15) is 5.10 Å². The van der Waals surface area contributed by atoms with Crippen LogP contribution in [0.25, 0.3) is 0 Å². The van der Waals surface area contributed by atoms with E-state index in [4.69, 9.17) is 4.74 Å². The third kappa shape index (κ3) is 4.29. The van der Waals surface area contributed by atoms with Gasteiger partial charge >= 0.3 is 0 Å². The second-order valence-electron chi connectivity index (χ2n) is 6.70. The molecular weight excluding hydrogens is 318 g/mol. The second-order valence-corrected chi connectivity index (χ2v) is 6.70. The van der Waals surface area contributed by atoms with Gasteiger partial charge in [-0.3, -0.25) is 14.4 Å². The smallest absolute Gasteiger partial charge is 0.226 e. The minimum atomic E-state index is -0.0835. The lowest BCUT2D eigenvalue weighted by atomic mass is 10.1. The molecule has 0 unspecified atom stereocenters. The van der Waals surface area contributed by atoms with Crippen molar-refractivity contribution in [2.45, 2.75) is 26.6 Å². The number of hydrogen-bond donors (Lipinski definition) is 1. The normalized spacial score (nSPS) is 18.0. The molecule has 0 radical (unpaired) electrons. The summed E-state index contributed by atoms with van der Waals surface area (Å²) in [7, 11) is 3.61. The lowest BCUT2D eigenvalue weighted by molar-refractivity contribution is -0.126. The number of nitrogens with zero attached hydrogens (tertiary/aromatic N) is 4. The Bertz CT molecular complexity index is 721. The molecule has 1 atom stereocenters. The van der Waals surface area contributed by atoms with Crippen LogP contribution in [-0.4, -0.2) is 52.0 Å². The highest BCUT2D eigenvalue weighted by Crippen LogP contribution is 2.19. The predicted octanol–water partition coefficient (Wildman–Crippen LogP) is 0.925. The summed E-state index contributed by atoms with van der Waals surface area (Å²) in [5, 5.41) is 7.41. The number of rotatable bonds is 6. The van der Waals surface area contributed by atoms with Crippen molar-refractivity contribution in [1.29, 1.82) is 0 Å². The van der Waals surface area contributed by atoms with Gasteiger partial charge in [0.2, 0.25) is 5.91 Å². The number of nitrogens with one attached hydrogen (secondary N) is 1. The lowest BCUT2D eigenvalue weighted by Gasteiger charge is -2.23. The van der Waals surface area contributed by atoms with Crippen LogP contribution in [0.3, 0.4) is 0 Å². The van der Waals surface area contributed by atoms with Crippen LogP contribution < -0.4 is 5.32 Å². The van der Waals surface area contributed by atoms with Crippen molar-refractivity contribution < 1.29 is 9.53 Å². The van der Waals surface area contributed by atoms with E-state index in [9.17, 15) is 4.79 Å². The highest BCUT2D eigenvalue weighted by molar-refractivity contribution is 5.78. The van der Waals surface area contributed by atoms with E-state index in [-0.39, 0.29) is 11.8 Å². The van der Waals surface area contributed by atoms with Gasteiger partial charge in [0.1, 0.15) is 0 Å². The largest absolute Gasteiger partial charge is 0.383 e.